The average Bonchev–Trinajstić information content (AvgIpc) is 3.04. The van der Waals surface area contributed by atoms with Crippen molar-refractivity contribution in [2.24, 2.45) is 0 Å². The second-order valence-corrected chi connectivity index (χ2v) is 4.46. The highest BCUT2D eigenvalue weighted by Crippen LogP contribution is 2.37. The summed E-state index contributed by atoms with van der Waals surface area (Å²) in [6, 6.07) is 0.735. The maximum atomic E-state index is 4.50. The van der Waals surface area contributed by atoms with Crippen LogP contribution in [-0.4, -0.2) is 35.7 Å². The van der Waals surface area contributed by atoms with E-state index >= 15 is 0 Å². The molecule has 0 radical (unpaired) electrons. The fraction of sp³-hybridized carbons (Fsp3) is 0.727. The number of hydrogen-bond acceptors (Lipinski definition) is 3. The van der Waals surface area contributed by atoms with Crippen LogP contribution in [0.15, 0.2) is 12.4 Å². The molecule has 82 valence electrons. The van der Waals surface area contributed by atoms with E-state index < -0.39 is 0 Å². The largest absolute Gasteiger partial charge is 0.341 e. The summed E-state index contributed by atoms with van der Waals surface area (Å²) in [5.74, 6) is 1.18. The molecule has 1 aliphatic carbocycles. The third-order valence-corrected chi connectivity index (χ3v) is 3.21. The van der Waals surface area contributed by atoms with Crippen molar-refractivity contribution in [3.8, 4) is 0 Å². The second-order valence-electron chi connectivity index (χ2n) is 4.46. The molecule has 0 bridgehead atoms. The quantitative estimate of drug-likeness (QED) is 0.784. The fourth-order valence-corrected chi connectivity index (χ4v) is 2.23. The van der Waals surface area contributed by atoms with Gasteiger partial charge in [0.05, 0.1) is 0 Å². The van der Waals surface area contributed by atoms with Crippen molar-refractivity contribution in [3.63, 3.8) is 0 Å². The van der Waals surface area contributed by atoms with Crippen LogP contribution in [-0.2, 0) is 0 Å². The summed E-state index contributed by atoms with van der Waals surface area (Å²) in [5.41, 5.74) is 0. The van der Waals surface area contributed by atoms with Gasteiger partial charge >= 0.3 is 0 Å². The molecule has 0 spiro atoms. The third-order valence-electron chi connectivity index (χ3n) is 3.21. The van der Waals surface area contributed by atoms with Gasteiger partial charge in [0, 0.05) is 38.1 Å². The van der Waals surface area contributed by atoms with Gasteiger partial charge in [0.15, 0.2) is 0 Å². The van der Waals surface area contributed by atoms with Crippen LogP contribution in [0.1, 0.15) is 25.3 Å². The van der Waals surface area contributed by atoms with Crippen molar-refractivity contribution >= 4 is 5.95 Å². The molecule has 1 aromatic heterocycles. The Morgan fingerprint density at radius 2 is 2.20 bits per heavy atom. The molecule has 1 aromatic rings. The van der Waals surface area contributed by atoms with Gasteiger partial charge in [-0.2, -0.15) is 0 Å². The Hall–Kier alpha value is -1.03. The molecule has 15 heavy (non-hydrogen) atoms. The summed E-state index contributed by atoms with van der Waals surface area (Å²) in [6.07, 6.45) is 7.94. The molecule has 2 aliphatic rings. The van der Waals surface area contributed by atoms with Gasteiger partial charge in [0.2, 0.25) is 5.95 Å². The Balaban J connectivity index is 1.80. The predicted molar refractivity (Wildman–Crippen MR) is 60.2 cm³/mol. The Labute approximate surface area is 90.3 Å². The van der Waals surface area contributed by atoms with Gasteiger partial charge in [-0.25, -0.2) is 4.98 Å². The first-order chi connectivity index (χ1) is 7.45. The van der Waals surface area contributed by atoms with E-state index in [2.05, 4.69) is 26.0 Å². The molecule has 2 fully saturated rings. The van der Waals surface area contributed by atoms with Crippen molar-refractivity contribution in [1.82, 2.24) is 14.9 Å². The Morgan fingerprint density at radius 1 is 1.27 bits per heavy atom. The molecule has 2 heterocycles. The summed E-state index contributed by atoms with van der Waals surface area (Å²) < 4.78 is 2.35. The molecule has 1 N–H and O–H groups in total. The lowest BCUT2D eigenvalue weighted by Crippen LogP contribution is -2.30. The van der Waals surface area contributed by atoms with E-state index in [0.717, 1.165) is 32.2 Å². The lowest BCUT2D eigenvalue weighted by molar-refractivity contribution is 0.687. The van der Waals surface area contributed by atoms with Crippen LogP contribution in [0, 0.1) is 0 Å². The zero-order chi connectivity index (χ0) is 10.1. The van der Waals surface area contributed by atoms with E-state index in [1.54, 1.807) is 0 Å². The van der Waals surface area contributed by atoms with Gasteiger partial charge in [-0.05, 0) is 25.8 Å². The SMILES string of the molecule is c1cn(C2CC2)c(N2CCCNCC2)n1. The van der Waals surface area contributed by atoms with Crippen molar-refractivity contribution in [2.75, 3.05) is 31.1 Å². The van der Waals surface area contributed by atoms with Crippen molar-refractivity contribution < 1.29 is 0 Å². The summed E-state index contributed by atoms with van der Waals surface area (Å²) in [4.78, 5) is 6.92. The van der Waals surface area contributed by atoms with Crippen molar-refractivity contribution in [2.45, 2.75) is 25.3 Å². The van der Waals surface area contributed by atoms with Crippen LogP contribution >= 0.6 is 0 Å². The van der Waals surface area contributed by atoms with E-state index in [4.69, 9.17) is 0 Å². The highest BCUT2D eigenvalue weighted by Gasteiger charge is 2.27. The molecule has 1 saturated heterocycles. The van der Waals surface area contributed by atoms with E-state index in [1.807, 2.05) is 6.20 Å². The van der Waals surface area contributed by atoms with Crippen LogP contribution in [0.5, 0.6) is 0 Å². The van der Waals surface area contributed by atoms with Crippen LogP contribution in [0.2, 0.25) is 0 Å². The summed E-state index contributed by atoms with van der Waals surface area (Å²) >= 11 is 0. The first kappa shape index (κ1) is 9.21. The summed E-state index contributed by atoms with van der Waals surface area (Å²) in [5, 5.41) is 3.42. The molecule has 1 saturated carbocycles. The highest BCUT2D eigenvalue weighted by atomic mass is 15.3. The lowest BCUT2D eigenvalue weighted by atomic mass is 10.4. The molecule has 3 rings (SSSR count). The number of aromatic nitrogens is 2. The molecular weight excluding hydrogens is 188 g/mol. The third kappa shape index (κ3) is 1.86. The number of imidazole rings is 1. The Morgan fingerprint density at radius 3 is 3.07 bits per heavy atom. The number of hydrogen-bond donors (Lipinski definition) is 1. The van der Waals surface area contributed by atoms with E-state index in [9.17, 15) is 0 Å². The predicted octanol–water partition coefficient (Wildman–Crippen LogP) is 1.02. The molecule has 0 atom stereocenters. The number of nitrogens with zero attached hydrogens (tertiary/aromatic N) is 3. The summed E-state index contributed by atoms with van der Waals surface area (Å²) in [7, 11) is 0. The van der Waals surface area contributed by atoms with Crippen LogP contribution in [0.25, 0.3) is 0 Å². The fourth-order valence-electron chi connectivity index (χ4n) is 2.23. The maximum Gasteiger partial charge on any atom is 0.205 e. The normalized spacial score (nSPS) is 22.8. The first-order valence-electron chi connectivity index (χ1n) is 5.93. The van der Waals surface area contributed by atoms with E-state index in [0.29, 0.717) is 0 Å². The highest BCUT2D eigenvalue weighted by molar-refractivity contribution is 5.33. The zero-order valence-corrected chi connectivity index (χ0v) is 9.02. The van der Waals surface area contributed by atoms with Gasteiger partial charge in [-0.3, -0.25) is 0 Å². The summed E-state index contributed by atoms with van der Waals surface area (Å²) in [6.45, 7) is 4.44. The molecule has 0 aromatic carbocycles. The number of nitrogens with one attached hydrogen (secondary N) is 1. The second kappa shape index (κ2) is 3.85. The van der Waals surface area contributed by atoms with Gasteiger partial charge in [-0.15, -0.1) is 0 Å². The topological polar surface area (TPSA) is 33.1 Å². The minimum absolute atomic E-state index is 0.735. The molecule has 4 heteroatoms. The maximum absolute atomic E-state index is 4.50. The monoisotopic (exact) mass is 206 g/mol. The van der Waals surface area contributed by atoms with Crippen molar-refractivity contribution in [1.29, 1.82) is 0 Å². The molecule has 0 unspecified atom stereocenters. The molecule has 4 nitrogen and oxygen atoms in total. The average molecular weight is 206 g/mol. The van der Waals surface area contributed by atoms with Gasteiger partial charge in [0.25, 0.3) is 0 Å². The lowest BCUT2D eigenvalue weighted by Gasteiger charge is -2.22. The van der Waals surface area contributed by atoms with Crippen LogP contribution in [0.4, 0.5) is 5.95 Å². The number of anilines is 1. The van der Waals surface area contributed by atoms with Gasteiger partial charge in [-0.1, -0.05) is 0 Å². The van der Waals surface area contributed by atoms with E-state index in [-0.39, 0.29) is 0 Å². The molecular formula is C11H18N4. The molecule has 0 amide bonds. The van der Waals surface area contributed by atoms with Gasteiger partial charge < -0.3 is 14.8 Å². The zero-order valence-electron chi connectivity index (χ0n) is 9.02. The van der Waals surface area contributed by atoms with E-state index in [1.165, 1.54) is 25.2 Å². The first-order valence-corrected chi connectivity index (χ1v) is 5.93. The van der Waals surface area contributed by atoms with Crippen molar-refractivity contribution in [3.05, 3.63) is 12.4 Å². The minimum atomic E-state index is 0.735. The molecule has 1 aliphatic heterocycles. The van der Waals surface area contributed by atoms with Gasteiger partial charge in [0.1, 0.15) is 0 Å². The Kier molecular flexibility index (Phi) is 2.37. The van der Waals surface area contributed by atoms with Crippen LogP contribution in [0.3, 0.4) is 0 Å². The van der Waals surface area contributed by atoms with Crippen LogP contribution < -0.4 is 10.2 Å². The smallest absolute Gasteiger partial charge is 0.205 e. The Bertz CT molecular complexity index is 321. The number of rotatable bonds is 2. The standard InChI is InChI=1S/C11H18N4/c1-4-12-5-8-14(7-1)11-13-6-9-15(11)10-2-3-10/h6,9-10,12H,1-5,7-8H2. The minimum Gasteiger partial charge on any atom is -0.341 e.